The van der Waals surface area contributed by atoms with Crippen LogP contribution < -0.4 is 15.5 Å². The molecule has 1 aliphatic rings. The number of hydrogen-bond donors (Lipinski definition) is 2. The summed E-state index contributed by atoms with van der Waals surface area (Å²) < 4.78 is 0. The van der Waals surface area contributed by atoms with E-state index in [1.165, 1.54) is 4.90 Å². The van der Waals surface area contributed by atoms with E-state index in [1.54, 1.807) is 18.2 Å². The lowest BCUT2D eigenvalue weighted by Gasteiger charge is -2.29. The summed E-state index contributed by atoms with van der Waals surface area (Å²) in [5.41, 5.74) is 3.39. The first kappa shape index (κ1) is 21.3. The Morgan fingerprint density at radius 1 is 0.875 bits per heavy atom. The standard InChI is InChI=1S/C26H25N3O3/c30-24(15-16-26(32)29-18-25(31)27-21-13-7-8-14-23(21)29)28-22(20-11-5-2-6-12-20)17-19-9-3-1-4-10-19/h1-14,22H,15-18H2,(H,27,31)(H,28,30). The summed E-state index contributed by atoms with van der Waals surface area (Å²) in [6.45, 7) is -0.0435. The second kappa shape index (κ2) is 9.92. The van der Waals surface area contributed by atoms with Gasteiger partial charge in [-0.15, -0.1) is 0 Å². The monoisotopic (exact) mass is 427 g/mol. The zero-order valence-corrected chi connectivity index (χ0v) is 17.7. The van der Waals surface area contributed by atoms with Crippen LogP contribution in [0.25, 0.3) is 0 Å². The molecule has 6 nitrogen and oxygen atoms in total. The van der Waals surface area contributed by atoms with Gasteiger partial charge < -0.3 is 15.5 Å². The third kappa shape index (κ3) is 5.21. The normalized spacial score (nSPS) is 13.6. The Kier molecular flexibility index (Phi) is 6.60. The highest BCUT2D eigenvalue weighted by Gasteiger charge is 2.27. The van der Waals surface area contributed by atoms with Crippen LogP contribution in [0.3, 0.4) is 0 Å². The van der Waals surface area contributed by atoms with Crippen LogP contribution >= 0.6 is 0 Å². The highest BCUT2D eigenvalue weighted by molar-refractivity contribution is 6.10. The van der Waals surface area contributed by atoms with Gasteiger partial charge in [-0.2, -0.15) is 0 Å². The van der Waals surface area contributed by atoms with Crippen molar-refractivity contribution in [3.8, 4) is 0 Å². The van der Waals surface area contributed by atoms with Crippen molar-refractivity contribution in [2.75, 3.05) is 16.8 Å². The molecule has 0 saturated heterocycles. The first-order valence-electron chi connectivity index (χ1n) is 10.7. The molecule has 1 unspecified atom stereocenters. The van der Waals surface area contributed by atoms with Gasteiger partial charge in [0.15, 0.2) is 0 Å². The van der Waals surface area contributed by atoms with E-state index < -0.39 is 0 Å². The summed E-state index contributed by atoms with van der Waals surface area (Å²) in [4.78, 5) is 39.0. The molecule has 6 heteroatoms. The molecule has 3 aromatic rings. The molecule has 2 N–H and O–H groups in total. The molecule has 0 bridgehead atoms. The van der Waals surface area contributed by atoms with Crippen molar-refractivity contribution in [1.29, 1.82) is 0 Å². The van der Waals surface area contributed by atoms with Crippen LogP contribution in [0.2, 0.25) is 0 Å². The first-order valence-corrected chi connectivity index (χ1v) is 10.7. The lowest BCUT2D eigenvalue weighted by Crippen LogP contribution is -2.42. The number of nitrogens with one attached hydrogen (secondary N) is 2. The Bertz CT molecular complexity index is 1100. The minimum Gasteiger partial charge on any atom is -0.349 e. The second-order valence-electron chi connectivity index (χ2n) is 7.77. The SMILES string of the molecule is O=C1CN(C(=O)CCC(=O)NC(Cc2ccccc2)c2ccccc2)c2ccccc2N1. The fourth-order valence-corrected chi connectivity index (χ4v) is 3.87. The molecular formula is C26H25N3O3. The molecule has 0 spiro atoms. The molecule has 0 aliphatic carbocycles. The van der Waals surface area contributed by atoms with Gasteiger partial charge in [0.25, 0.3) is 0 Å². The van der Waals surface area contributed by atoms with E-state index >= 15 is 0 Å². The number of hydrogen-bond acceptors (Lipinski definition) is 3. The summed E-state index contributed by atoms with van der Waals surface area (Å²) >= 11 is 0. The van der Waals surface area contributed by atoms with Crippen molar-refractivity contribution >= 4 is 29.1 Å². The van der Waals surface area contributed by atoms with Crippen molar-refractivity contribution < 1.29 is 14.4 Å². The van der Waals surface area contributed by atoms with Crippen LogP contribution in [0, 0.1) is 0 Å². The summed E-state index contributed by atoms with van der Waals surface area (Å²) in [6, 6.07) is 26.8. The van der Waals surface area contributed by atoms with E-state index in [0.29, 0.717) is 17.8 Å². The summed E-state index contributed by atoms with van der Waals surface area (Å²) in [7, 11) is 0. The van der Waals surface area contributed by atoms with E-state index in [2.05, 4.69) is 10.6 Å². The van der Waals surface area contributed by atoms with Gasteiger partial charge in [-0.1, -0.05) is 72.8 Å². The Balaban J connectivity index is 1.40. The number of amides is 3. The van der Waals surface area contributed by atoms with Crippen molar-refractivity contribution in [3.05, 3.63) is 96.1 Å². The molecule has 0 aromatic heterocycles. The van der Waals surface area contributed by atoms with Crippen molar-refractivity contribution in [1.82, 2.24) is 5.32 Å². The topological polar surface area (TPSA) is 78.5 Å². The summed E-state index contributed by atoms with van der Waals surface area (Å²) in [5, 5.41) is 5.84. The predicted molar refractivity (Wildman–Crippen MR) is 124 cm³/mol. The molecule has 162 valence electrons. The Hall–Kier alpha value is -3.93. The molecule has 3 aromatic carbocycles. The predicted octanol–water partition coefficient (Wildman–Crippen LogP) is 3.85. The fourth-order valence-electron chi connectivity index (χ4n) is 3.87. The summed E-state index contributed by atoms with van der Waals surface area (Å²) in [6.07, 6.45) is 0.738. The number of benzene rings is 3. The number of rotatable bonds is 7. The zero-order chi connectivity index (χ0) is 22.3. The van der Waals surface area contributed by atoms with Gasteiger partial charge in [0.1, 0.15) is 6.54 Å². The van der Waals surface area contributed by atoms with Gasteiger partial charge in [-0.3, -0.25) is 14.4 Å². The van der Waals surface area contributed by atoms with E-state index in [1.807, 2.05) is 66.7 Å². The van der Waals surface area contributed by atoms with Crippen LogP contribution in [0.5, 0.6) is 0 Å². The highest BCUT2D eigenvalue weighted by atomic mass is 16.2. The highest BCUT2D eigenvalue weighted by Crippen LogP contribution is 2.29. The smallest absolute Gasteiger partial charge is 0.244 e. The van der Waals surface area contributed by atoms with Crippen LogP contribution in [0.15, 0.2) is 84.9 Å². The molecule has 0 fully saturated rings. The quantitative estimate of drug-likeness (QED) is 0.601. The van der Waals surface area contributed by atoms with E-state index in [0.717, 1.165) is 11.1 Å². The maximum atomic E-state index is 12.8. The minimum atomic E-state index is -0.248. The van der Waals surface area contributed by atoms with Gasteiger partial charge in [0, 0.05) is 12.8 Å². The number of anilines is 2. The zero-order valence-electron chi connectivity index (χ0n) is 17.7. The number of nitrogens with zero attached hydrogens (tertiary/aromatic N) is 1. The minimum absolute atomic E-state index is 0.0281. The van der Waals surface area contributed by atoms with Gasteiger partial charge >= 0.3 is 0 Å². The average molecular weight is 428 g/mol. The van der Waals surface area contributed by atoms with Gasteiger partial charge in [-0.05, 0) is 29.7 Å². The lowest BCUT2D eigenvalue weighted by atomic mass is 9.98. The molecular weight excluding hydrogens is 402 g/mol. The van der Waals surface area contributed by atoms with Gasteiger partial charge in [0.2, 0.25) is 17.7 Å². The number of carbonyl (C=O) groups excluding carboxylic acids is 3. The third-order valence-corrected chi connectivity index (χ3v) is 5.46. The Labute approximate surface area is 187 Å². The van der Waals surface area contributed by atoms with Crippen molar-refractivity contribution in [3.63, 3.8) is 0 Å². The van der Waals surface area contributed by atoms with Gasteiger partial charge in [0.05, 0.1) is 17.4 Å². The third-order valence-electron chi connectivity index (χ3n) is 5.46. The summed E-state index contributed by atoms with van der Waals surface area (Å²) in [5.74, 6) is -0.687. The van der Waals surface area contributed by atoms with Gasteiger partial charge in [-0.25, -0.2) is 0 Å². The van der Waals surface area contributed by atoms with Crippen LogP contribution in [-0.4, -0.2) is 24.3 Å². The van der Waals surface area contributed by atoms with E-state index in [9.17, 15) is 14.4 Å². The molecule has 0 radical (unpaired) electrons. The molecule has 0 saturated carbocycles. The van der Waals surface area contributed by atoms with Crippen molar-refractivity contribution in [2.24, 2.45) is 0 Å². The Morgan fingerprint density at radius 2 is 1.53 bits per heavy atom. The van der Waals surface area contributed by atoms with Crippen molar-refractivity contribution in [2.45, 2.75) is 25.3 Å². The van der Waals surface area contributed by atoms with E-state index in [-0.39, 0.29) is 43.1 Å². The molecule has 1 atom stereocenters. The molecule has 4 rings (SSSR count). The maximum absolute atomic E-state index is 12.8. The molecule has 1 aliphatic heterocycles. The van der Waals surface area contributed by atoms with E-state index in [4.69, 9.17) is 0 Å². The van der Waals surface area contributed by atoms with Crippen LogP contribution in [0.1, 0.15) is 30.0 Å². The van der Waals surface area contributed by atoms with Crippen LogP contribution in [-0.2, 0) is 20.8 Å². The number of para-hydroxylation sites is 2. The average Bonchev–Trinajstić information content (AvgIpc) is 2.83. The number of carbonyl (C=O) groups is 3. The second-order valence-corrected chi connectivity index (χ2v) is 7.77. The molecule has 32 heavy (non-hydrogen) atoms. The number of fused-ring (bicyclic) bond motifs is 1. The molecule has 3 amide bonds. The maximum Gasteiger partial charge on any atom is 0.244 e. The largest absolute Gasteiger partial charge is 0.349 e. The Morgan fingerprint density at radius 3 is 2.28 bits per heavy atom. The van der Waals surface area contributed by atoms with Crippen LogP contribution in [0.4, 0.5) is 11.4 Å². The molecule has 1 heterocycles. The lowest BCUT2D eigenvalue weighted by molar-refractivity contribution is -0.126. The first-order chi connectivity index (χ1) is 15.6. The fraction of sp³-hybridized carbons (Fsp3) is 0.192.